The van der Waals surface area contributed by atoms with Gasteiger partial charge < -0.3 is 9.47 Å². The summed E-state index contributed by atoms with van der Waals surface area (Å²) < 4.78 is 27.1. The van der Waals surface area contributed by atoms with Crippen LogP contribution in [0, 0.1) is 12.7 Å². The Morgan fingerprint density at radius 2 is 1.87 bits per heavy atom. The van der Waals surface area contributed by atoms with Gasteiger partial charge in [-0.3, -0.25) is 4.90 Å². The van der Waals surface area contributed by atoms with Crippen LogP contribution in [0.15, 0.2) is 30.3 Å². The van der Waals surface area contributed by atoms with Crippen LogP contribution >= 0.6 is 0 Å². The number of para-hydroxylation sites is 1. The summed E-state index contributed by atoms with van der Waals surface area (Å²) in [5.41, 5.74) is 1.86. The van der Waals surface area contributed by atoms with E-state index in [1.54, 1.807) is 31.2 Å². The first-order valence-electron chi connectivity index (χ1n) is 10.7. The van der Waals surface area contributed by atoms with Crippen LogP contribution in [0.4, 0.5) is 4.39 Å². The Labute approximate surface area is 179 Å². The lowest BCUT2D eigenvalue weighted by Crippen LogP contribution is -2.44. The van der Waals surface area contributed by atoms with Gasteiger partial charge in [0.2, 0.25) is 0 Å². The fourth-order valence-electron chi connectivity index (χ4n) is 3.81. The molecule has 0 radical (unpaired) electrons. The highest BCUT2D eigenvalue weighted by molar-refractivity contribution is 5.96. The van der Waals surface area contributed by atoms with Gasteiger partial charge in [-0.15, -0.1) is 0 Å². The summed E-state index contributed by atoms with van der Waals surface area (Å²) in [6.07, 6.45) is 2.43. The van der Waals surface area contributed by atoms with Crippen LogP contribution in [0.1, 0.15) is 67.6 Å². The van der Waals surface area contributed by atoms with Gasteiger partial charge in [0.15, 0.2) is 0 Å². The fraction of sp³-hybridized carbons (Fsp3) is 0.480. The first-order chi connectivity index (χ1) is 14.2. The minimum absolute atomic E-state index is 0.0650. The molecular formula is C25H32FNO3. The highest BCUT2D eigenvalue weighted by atomic mass is 19.1. The van der Waals surface area contributed by atoms with E-state index in [0.717, 1.165) is 24.9 Å². The topological polar surface area (TPSA) is 38.8 Å². The van der Waals surface area contributed by atoms with E-state index in [0.29, 0.717) is 42.2 Å². The monoisotopic (exact) mass is 413 g/mol. The Morgan fingerprint density at radius 3 is 2.50 bits per heavy atom. The molecular weight excluding hydrogens is 381 g/mol. The largest absolute Gasteiger partial charge is 0.492 e. The molecule has 2 aromatic carbocycles. The molecule has 0 saturated heterocycles. The Balaban J connectivity index is 2.08. The number of carbonyl (C=O) groups is 1. The molecule has 0 unspecified atom stereocenters. The number of benzene rings is 2. The molecule has 1 aliphatic rings. The number of carbonyl (C=O) groups excluding carboxylic acids is 1. The van der Waals surface area contributed by atoms with Crippen molar-refractivity contribution >= 4 is 5.97 Å². The number of esters is 1. The molecule has 0 bridgehead atoms. The molecule has 162 valence electrons. The zero-order valence-corrected chi connectivity index (χ0v) is 18.7. The SMILES string of the molecule is CCCCOc1c2c(c(F)c(C)c1C(=O)Oc1ccccc1)CCN(C(C)(C)C)C2. The molecule has 5 heteroatoms. The number of hydrogen-bond acceptors (Lipinski definition) is 4. The normalized spacial score (nSPS) is 14.3. The lowest BCUT2D eigenvalue weighted by Gasteiger charge is -2.40. The highest BCUT2D eigenvalue weighted by Crippen LogP contribution is 2.39. The quantitative estimate of drug-likeness (QED) is 0.346. The van der Waals surface area contributed by atoms with Gasteiger partial charge in [-0.05, 0) is 58.2 Å². The van der Waals surface area contributed by atoms with Gasteiger partial charge in [0.25, 0.3) is 0 Å². The molecule has 0 aliphatic carbocycles. The smallest absolute Gasteiger partial charge is 0.347 e. The zero-order chi connectivity index (χ0) is 21.9. The molecule has 1 aliphatic heterocycles. The summed E-state index contributed by atoms with van der Waals surface area (Å²) in [6, 6.07) is 8.86. The minimum Gasteiger partial charge on any atom is -0.492 e. The molecule has 3 rings (SSSR count). The number of nitrogens with zero attached hydrogens (tertiary/aromatic N) is 1. The van der Waals surface area contributed by atoms with Crippen LogP contribution in [0.5, 0.6) is 11.5 Å². The van der Waals surface area contributed by atoms with Gasteiger partial charge in [0, 0.05) is 29.8 Å². The van der Waals surface area contributed by atoms with E-state index < -0.39 is 5.97 Å². The van der Waals surface area contributed by atoms with E-state index in [1.165, 1.54) is 0 Å². The second kappa shape index (κ2) is 9.17. The van der Waals surface area contributed by atoms with Crippen LogP contribution in [0.2, 0.25) is 0 Å². The number of fused-ring (bicyclic) bond motifs is 1. The predicted octanol–water partition coefficient (Wildman–Crippen LogP) is 5.69. The average molecular weight is 414 g/mol. The van der Waals surface area contributed by atoms with Crippen LogP contribution in [0.3, 0.4) is 0 Å². The number of ether oxygens (including phenoxy) is 2. The molecule has 0 atom stereocenters. The summed E-state index contributed by atoms with van der Waals surface area (Å²) in [7, 11) is 0. The van der Waals surface area contributed by atoms with Gasteiger partial charge in [0.1, 0.15) is 22.9 Å². The molecule has 0 aromatic heterocycles. The molecule has 30 heavy (non-hydrogen) atoms. The van der Waals surface area contributed by atoms with Crippen molar-refractivity contribution in [2.75, 3.05) is 13.2 Å². The first-order valence-corrected chi connectivity index (χ1v) is 10.7. The van der Waals surface area contributed by atoms with Gasteiger partial charge in [-0.25, -0.2) is 9.18 Å². The molecule has 1 heterocycles. The first kappa shape index (κ1) is 22.3. The third-order valence-corrected chi connectivity index (χ3v) is 5.67. The van der Waals surface area contributed by atoms with E-state index in [4.69, 9.17) is 9.47 Å². The van der Waals surface area contributed by atoms with Crippen LogP contribution < -0.4 is 9.47 Å². The van der Waals surface area contributed by atoms with Gasteiger partial charge >= 0.3 is 5.97 Å². The van der Waals surface area contributed by atoms with Crippen molar-refractivity contribution in [3.05, 3.63) is 58.4 Å². The lowest BCUT2D eigenvalue weighted by atomic mass is 9.89. The minimum atomic E-state index is -0.584. The molecule has 4 nitrogen and oxygen atoms in total. The summed E-state index contributed by atoms with van der Waals surface area (Å²) in [5, 5.41) is 0. The molecule has 0 saturated carbocycles. The Hall–Kier alpha value is -2.40. The molecule has 0 amide bonds. The summed E-state index contributed by atoms with van der Waals surface area (Å²) in [5.74, 6) is 0.00396. The number of halogens is 1. The number of unbranched alkanes of at least 4 members (excludes halogenated alkanes) is 1. The van der Waals surface area contributed by atoms with Crippen LogP contribution in [-0.2, 0) is 13.0 Å². The van der Waals surface area contributed by atoms with Crippen molar-refractivity contribution in [3.63, 3.8) is 0 Å². The molecule has 0 spiro atoms. The van der Waals surface area contributed by atoms with Crippen molar-refractivity contribution in [1.29, 1.82) is 0 Å². The van der Waals surface area contributed by atoms with E-state index in [-0.39, 0.29) is 16.9 Å². The maximum absolute atomic E-state index is 15.4. The maximum Gasteiger partial charge on any atom is 0.347 e. The van der Waals surface area contributed by atoms with E-state index in [9.17, 15) is 4.79 Å². The van der Waals surface area contributed by atoms with Gasteiger partial charge in [-0.2, -0.15) is 0 Å². The van der Waals surface area contributed by atoms with E-state index in [1.807, 2.05) is 6.07 Å². The van der Waals surface area contributed by atoms with Crippen molar-refractivity contribution in [2.45, 2.75) is 66.0 Å². The maximum atomic E-state index is 15.4. The van der Waals surface area contributed by atoms with Crippen molar-refractivity contribution in [2.24, 2.45) is 0 Å². The standard InChI is InChI=1S/C25H32FNO3/c1-6-7-15-29-23-20-16-27(25(3,4)5)14-13-19(20)22(26)17(2)21(23)24(28)30-18-11-9-8-10-12-18/h8-12H,6-7,13-16H2,1-5H3. The summed E-state index contributed by atoms with van der Waals surface area (Å²) in [6.45, 7) is 12.0. The Kier molecular flexibility index (Phi) is 6.81. The molecule has 0 fully saturated rings. The predicted molar refractivity (Wildman–Crippen MR) is 117 cm³/mol. The van der Waals surface area contributed by atoms with Gasteiger partial charge in [-0.1, -0.05) is 31.5 Å². The molecule has 2 aromatic rings. The van der Waals surface area contributed by atoms with Crippen molar-refractivity contribution < 1.29 is 18.7 Å². The van der Waals surface area contributed by atoms with Crippen LogP contribution in [-0.4, -0.2) is 29.6 Å². The van der Waals surface area contributed by atoms with Crippen molar-refractivity contribution in [3.8, 4) is 11.5 Å². The van der Waals surface area contributed by atoms with Gasteiger partial charge in [0.05, 0.1) is 6.61 Å². The van der Waals surface area contributed by atoms with E-state index in [2.05, 4.69) is 32.6 Å². The fourth-order valence-corrected chi connectivity index (χ4v) is 3.81. The Bertz CT molecular complexity index is 903. The summed E-state index contributed by atoms with van der Waals surface area (Å²) in [4.78, 5) is 15.4. The molecule has 0 N–H and O–H groups in total. The number of hydrogen-bond donors (Lipinski definition) is 0. The average Bonchev–Trinajstić information content (AvgIpc) is 2.71. The summed E-state index contributed by atoms with van der Waals surface area (Å²) >= 11 is 0. The third kappa shape index (κ3) is 4.67. The number of rotatable bonds is 6. The zero-order valence-electron chi connectivity index (χ0n) is 18.7. The Morgan fingerprint density at radius 1 is 1.17 bits per heavy atom. The lowest BCUT2D eigenvalue weighted by molar-refractivity contribution is 0.0726. The highest BCUT2D eigenvalue weighted by Gasteiger charge is 2.34. The van der Waals surface area contributed by atoms with Crippen LogP contribution in [0.25, 0.3) is 0 Å². The van der Waals surface area contributed by atoms with Crippen molar-refractivity contribution in [1.82, 2.24) is 4.90 Å². The second-order valence-electron chi connectivity index (χ2n) is 8.85. The third-order valence-electron chi connectivity index (χ3n) is 5.67. The van der Waals surface area contributed by atoms with E-state index >= 15 is 4.39 Å². The second-order valence-corrected chi connectivity index (χ2v) is 8.85.